The van der Waals surface area contributed by atoms with Crippen LogP contribution in [0.3, 0.4) is 0 Å². The zero-order chi connectivity index (χ0) is 15.5. The SMILES string of the molecule is Cc1cnn(-c2ccncc2NC(=O)C2CCCOC2C)c1. The van der Waals surface area contributed by atoms with E-state index in [1.54, 1.807) is 23.3 Å². The maximum Gasteiger partial charge on any atom is 0.230 e. The molecular weight excluding hydrogens is 280 g/mol. The average molecular weight is 300 g/mol. The van der Waals surface area contributed by atoms with Gasteiger partial charge in [-0.05, 0) is 38.3 Å². The van der Waals surface area contributed by atoms with E-state index in [1.807, 2.05) is 26.1 Å². The van der Waals surface area contributed by atoms with Gasteiger partial charge in [0.2, 0.25) is 5.91 Å². The molecule has 2 aromatic rings. The number of amides is 1. The molecule has 1 aliphatic rings. The molecule has 0 aliphatic carbocycles. The van der Waals surface area contributed by atoms with E-state index in [1.165, 1.54) is 0 Å². The molecule has 2 unspecified atom stereocenters. The van der Waals surface area contributed by atoms with Crippen molar-refractivity contribution in [2.24, 2.45) is 5.92 Å². The molecule has 0 aromatic carbocycles. The summed E-state index contributed by atoms with van der Waals surface area (Å²) in [5.41, 5.74) is 2.53. The summed E-state index contributed by atoms with van der Waals surface area (Å²) in [6.45, 7) is 4.66. The van der Waals surface area contributed by atoms with Crippen molar-refractivity contribution in [1.29, 1.82) is 0 Å². The molecule has 2 atom stereocenters. The van der Waals surface area contributed by atoms with E-state index < -0.39 is 0 Å². The highest BCUT2D eigenvalue weighted by Gasteiger charge is 2.29. The molecule has 0 spiro atoms. The van der Waals surface area contributed by atoms with Crippen molar-refractivity contribution < 1.29 is 9.53 Å². The van der Waals surface area contributed by atoms with E-state index in [9.17, 15) is 4.79 Å². The fourth-order valence-corrected chi connectivity index (χ4v) is 2.72. The van der Waals surface area contributed by atoms with E-state index in [2.05, 4.69) is 15.4 Å². The fourth-order valence-electron chi connectivity index (χ4n) is 2.72. The van der Waals surface area contributed by atoms with Gasteiger partial charge < -0.3 is 10.1 Å². The minimum absolute atomic E-state index is 0.0228. The first-order chi connectivity index (χ1) is 10.6. The molecule has 0 radical (unpaired) electrons. The second kappa shape index (κ2) is 6.27. The second-order valence-electron chi connectivity index (χ2n) is 5.67. The highest BCUT2D eigenvalue weighted by Crippen LogP contribution is 2.24. The first-order valence-electron chi connectivity index (χ1n) is 7.53. The zero-order valence-electron chi connectivity index (χ0n) is 12.8. The highest BCUT2D eigenvalue weighted by molar-refractivity contribution is 5.94. The van der Waals surface area contributed by atoms with Gasteiger partial charge >= 0.3 is 0 Å². The number of hydrogen-bond acceptors (Lipinski definition) is 4. The lowest BCUT2D eigenvalue weighted by atomic mass is 9.94. The lowest BCUT2D eigenvalue weighted by Crippen LogP contribution is -2.36. The number of hydrogen-bond donors (Lipinski definition) is 1. The Morgan fingerprint density at radius 3 is 3.05 bits per heavy atom. The van der Waals surface area contributed by atoms with Crippen molar-refractivity contribution in [2.45, 2.75) is 32.8 Å². The summed E-state index contributed by atoms with van der Waals surface area (Å²) in [4.78, 5) is 16.6. The Labute approximate surface area is 129 Å². The summed E-state index contributed by atoms with van der Waals surface area (Å²) in [5.74, 6) is -0.147. The lowest BCUT2D eigenvalue weighted by molar-refractivity contribution is -0.127. The van der Waals surface area contributed by atoms with Crippen molar-refractivity contribution in [3.05, 3.63) is 36.4 Å². The van der Waals surface area contributed by atoms with Crippen molar-refractivity contribution in [3.8, 4) is 5.69 Å². The number of aryl methyl sites for hydroxylation is 1. The number of pyridine rings is 1. The van der Waals surface area contributed by atoms with Gasteiger partial charge in [0.15, 0.2) is 0 Å². The molecule has 2 aromatic heterocycles. The first kappa shape index (κ1) is 14.7. The molecule has 22 heavy (non-hydrogen) atoms. The second-order valence-corrected chi connectivity index (χ2v) is 5.67. The summed E-state index contributed by atoms with van der Waals surface area (Å²) < 4.78 is 7.32. The van der Waals surface area contributed by atoms with Crippen molar-refractivity contribution >= 4 is 11.6 Å². The Bertz CT molecular complexity index is 668. The number of aromatic nitrogens is 3. The smallest absolute Gasteiger partial charge is 0.230 e. The topological polar surface area (TPSA) is 69.0 Å². The van der Waals surface area contributed by atoms with Crippen molar-refractivity contribution in [2.75, 3.05) is 11.9 Å². The highest BCUT2D eigenvalue weighted by atomic mass is 16.5. The molecule has 3 heterocycles. The van der Waals surface area contributed by atoms with Crippen LogP contribution in [0.25, 0.3) is 5.69 Å². The standard InChI is InChI=1S/C16H20N4O2/c1-11-8-18-20(10-11)15-5-6-17-9-14(15)19-16(21)13-4-3-7-22-12(13)2/h5-6,8-10,12-13H,3-4,7H2,1-2H3,(H,19,21). The Hall–Kier alpha value is -2.21. The van der Waals surface area contributed by atoms with Gasteiger partial charge in [0, 0.05) is 19.0 Å². The maximum atomic E-state index is 12.5. The largest absolute Gasteiger partial charge is 0.378 e. The molecule has 1 aliphatic heterocycles. The molecule has 0 bridgehead atoms. The van der Waals surface area contributed by atoms with Gasteiger partial charge in [0.25, 0.3) is 0 Å². The van der Waals surface area contributed by atoms with Gasteiger partial charge in [-0.2, -0.15) is 5.10 Å². The number of carbonyl (C=O) groups excluding carboxylic acids is 1. The summed E-state index contributed by atoms with van der Waals surface area (Å²) in [7, 11) is 0. The molecule has 3 rings (SSSR count). The number of nitrogens with one attached hydrogen (secondary N) is 1. The van der Waals surface area contributed by atoms with E-state index >= 15 is 0 Å². The van der Waals surface area contributed by atoms with Crippen LogP contribution < -0.4 is 5.32 Å². The van der Waals surface area contributed by atoms with Gasteiger partial charge in [-0.3, -0.25) is 9.78 Å². The third-order valence-corrected chi connectivity index (χ3v) is 3.96. The number of anilines is 1. The van der Waals surface area contributed by atoms with E-state index in [4.69, 9.17) is 4.74 Å². The quantitative estimate of drug-likeness (QED) is 0.944. The molecule has 6 nitrogen and oxygen atoms in total. The third-order valence-electron chi connectivity index (χ3n) is 3.96. The number of carbonyl (C=O) groups is 1. The molecule has 0 saturated carbocycles. The molecular formula is C16H20N4O2. The first-order valence-corrected chi connectivity index (χ1v) is 7.53. The Morgan fingerprint density at radius 1 is 1.45 bits per heavy atom. The van der Waals surface area contributed by atoms with Crippen molar-refractivity contribution in [1.82, 2.24) is 14.8 Å². The van der Waals surface area contributed by atoms with E-state index in [0.29, 0.717) is 5.69 Å². The van der Waals surface area contributed by atoms with Crippen LogP contribution >= 0.6 is 0 Å². The van der Waals surface area contributed by atoms with Gasteiger partial charge in [-0.15, -0.1) is 0 Å². The Kier molecular flexibility index (Phi) is 4.20. The predicted octanol–water partition coefficient (Wildman–Crippen LogP) is 2.33. The van der Waals surface area contributed by atoms with Gasteiger partial charge in [-0.25, -0.2) is 4.68 Å². The molecule has 1 N–H and O–H groups in total. The van der Waals surface area contributed by atoms with Crippen LogP contribution in [0.5, 0.6) is 0 Å². The third kappa shape index (κ3) is 3.01. The fraction of sp³-hybridized carbons (Fsp3) is 0.438. The Morgan fingerprint density at radius 2 is 2.32 bits per heavy atom. The number of ether oxygens (including phenoxy) is 1. The van der Waals surface area contributed by atoms with Crippen LogP contribution in [0.1, 0.15) is 25.3 Å². The molecule has 116 valence electrons. The van der Waals surface area contributed by atoms with Crippen molar-refractivity contribution in [3.63, 3.8) is 0 Å². The normalized spacial score (nSPS) is 21.5. The summed E-state index contributed by atoms with van der Waals surface area (Å²) in [6.07, 6.45) is 8.75. The maximum absolute atomic E-state index is 12.5. The van der Waals surface area contributed by atoms with Gasteiger partial charge in [0.05, 0.1) is 35.8 Å². The van der Waals surface area contributed by atoms with Crippen LogP contribution in [-0.2, 0) is 9.53 Å². The van der Waals surface area contributed by atoms with Crippen LogP contribution in [0.2, 0.25) is 0 Å². The van der Waals surface area contributed by atoms with Crippen LogP contribution in [-0.4, -0.2) is 33.4 Å². The number of rotatable bonds is 3. The average Bonchev–Trinajstić information content (AvgIpc) is 2.94. The van der Waals surface area contributed by atoms with Gasteiger partial charge in [0.1, 0.15) is 0 Å². The van der Waals surface area contributed by atoms with Gasteiger partial charge in [-0.1, -0.05) is 0 Å². The predicted molar refractivity (Wildman–Crippen MR) is 82.9 cm³/mol. The summed E-state index contributed by atoms with van der Waals surface area (Å²) in [5, 5.41) is 7.27. The van der Waals surface area contributed by atoms with Crippen LogP contribution in [0.4, 0.5) is 5.69 Å². The minimum Gasteiger partial charge on any atom is -0.378 e. The lowest BCUT2D eigenvalue weighted by Gasteiger charge is -2.28. The Balaban J connectivity index is 1.82. The van der Waals surface area contributed by atoms with E-state index in [0.717, 1.165) is 30.7 Å². The molecule has 1 fully saturated rings. The monoisotopic (exact) mass is 300 g/mol. The minimum atomic E-state index is -0.124. The summed E-state index contributed by atoms with van der Waals surface area (Å²) >= 11 is 0. The van der Waals surface area contributed by atoms with Crippen LogP contribution in [0, 0.1) is 12.8 Å². The molecule has 6 heteroatoms. The molecule has 1 saturated heterocycles. The van der Waals surface area contributed by atoms with E-state index in [-0.39, 0.29) is 17.9 Å². The number of nitrogens with zero attached hydrogens (tertiary/aromatic N) is 3. The van der Waals surface area contributed by atoms with Crippen LogP contribution in [0.15, 0.2) is 30.9 Å². The molecule has 1 amide bonds. The zero-order valence-corrected chi connectivity index (χ0v) is 12.8. The summed E-state index contributed by atoms with van der Waals surface area (Å²) in [6, 6.07) is 1.84.